The lowest BCUT2D eigenvalue weighted by molar-refractivity contribution is -0.150. The van der Waals surface area contributed by atoms with Crippen LogP contribution in [0.1, 0.15) is 6.92 Å². The van der Waals surface area contributed by atoms with Crippen LogP contribution in [-0.2, 0) is 14.3 Å². The third-order valence-electron chi connectivity index (χ3n) is 3.27. The van der Waals surface area contributed by atoms with Crippen molar-refractivity contribution in [3.8, 4) is 5.75 Å². The zero-order valence-corrected chi connectivity index (χ0v) is 14.9. The summed E-state index contributed by atoms with van der Waals surface area (Å²) < 4.78 is 36.6. The zero-order chi connectivity index (χ0) is 19.1. The van der Waals surface area contributed by atoms with Crippen molar-refractivity contribution < 1.29 is 27.8 Å². The summed E-state index contributed by atoms with van der Waals surface area (Å²) in [6.45, 7) is 1.42. The highest BCUT2D eigenvalue weighted by Gasteiger charge is 2.18. The molecule has 1 N–H and O–H groups in total. The van der Waals surface area contributed by atoms with E-state index < -0.39 is 29.6 Å². The highest BCUT2D eigenvalue weighted by Crippen LogP contribution is 2.23. The second-order valence-electron chi connectivity index (χ2n) is 5.21. The lowest BCUT2D eigenvalue weighted by Gasteiger charge is -2.13. The van der Waals surface area contributed by atoms with Crippen molar-refractivity contribution in [2.75, 3.05) is 18.2 Å². The van der Waals surface area contributed by atoms with Gasteiger partial charge in [-0.1, -0.05) is 0 Å². The summed E-state index contributed by atoms with van der Waals surface area (Å²) in [4.78, 5) is 23.8. The second kappa shape index (κ2) is 9.19. The molecule has 0 heterocycles. The molecule has 0 spiro atoms. The Hall–Kier alpha value is -2.61. The average molecular weight is 381 g/mol. The maximum atomic E-state index is 13.5. The maximum absolute atomic E-state index is 13.5. The van der Waals surface area contributed by atoms with Crippen LogP contribution < -0.4 is 10.1 Å². The normalized spacial score (nSPS) is 11.5. The molecule has 138 valence electrons. The number of hydrogen-bond acceptors (Lipinski definition) is 5. The number of methoxy groups -OCH3 is 1. The van der Waals surface area contributed by atoms with Crippen molar-refractivity contribution in [3.63, 3.8) is 0 Å². The number of ether oxygens (including phenoxy) is 2. The van der Waals surface area contributed by atoms with E-state index in [1.54, 1.807) is 24.3 Å². The third-order valence-corrected chi connectivity index (χ3v) is 4.28. The van der Waals surface area contributed by atoms with Gasteiger partial charge in [0.15, 0.2) is 6.10 Å². The fraction of sp³-hybridized carbons (Fsp3) is 0.222. The summed E-state index contributed by atoms with van der Waals surface area (Å²) in [6.07, 6.45) is -1.04. The van der Waals surface area contributed by atoms with Gasteiger partial charge >= 0.3 is 5.97 Å². The van der Waals surface area contributed by atoms with Crippen molar-refractivity contribution in [2.45, 2.75) is 17.9 Å². The molecule has 26 heavy (non-hydrogen) atoms. The molecule has 2 aromatic carbocycles. The van der Waals surface area contributed by atoms with Gasteiger partial charge in [0.1, 0.15) is 17.4 Å². The molecule has 1 amide bonds. The van der Waals surface area contributed by atoms with E-state index in [9.17, 15) is 18.4 Å². The van der Waals surface area contributed by atoms with E-state index in [1.807, 2.05) is 0 Å². The molecule has 1 atom stereocenters. The quantitative estimate of drug-likeness (QED) is 0.586. The Bertz CT molecular complexity index is 783. The fourth-order valence-electron chi connectivity index (χ4n) is 1.93. The van der Waals surface area contributed by atoms with Gasteiger partial charge in [0.05, 0.1) is 12.9 Å². The lowest BCUT2D eigenvalue weighted by Crippen LogP contribution is -2.30. The standard InChI is InChI=1S/C18H17F2NO4S/c1-11(18(23)21-13-4-6-14(24-2)7-5-13)25-17(22)10-26-16-9-12(19)3-8-15(16)20/h3-9,11H,10H2,1-2H3,(H,21,23)/t11-/m0/s1. The van der Waals surface area contributed by atoms with Crippen molar-refractivity contribution in [3.05, 3.63) is 54.1 Å². The molecule has 0 unspecified atom stereocenters. The summed E-state index contributed by atoms with van der Waals surface area (Å²) in [7, 11) is 1.53. The first-order valence-electron chi connectivity index (χ1n) is 7.61. The summed E-state index contributed by atoms with van der Waals surface area (Å²) in [5, 5.41) is 2.60. The van der Waals surface area contributed by atoms with Crippen LogP contribution in [0.15, 0.2) is 47.4 Å². The second-order valence-corrected chi connectivity index (χ2v) is 6.23. The number of carbonyl (C=O) groups excluding carboxylic acids is 2. The minimum atomic E-state index is -1.04. The Labute approximate surface area is 153 Å². The van der Waals surface area contributed by atoms with Gasteiger partial charge in [-0.25, -0.2) is 8.78 Å². The van der Waals surface area contributed by atoms with Crippen LogP contribution >= 0.6 is 11.8 Å². The van der Waals surface area contributed by atoms with Crippen molar-refractivity contribution in [2.24, 2.45) is 0 Å². The number of thioether (sulfide) groups is 1. The maximum Gasteiger partial charge on any atom is 0.317 e. The zero-order valence-electron chi connectivity index (χ0n) is 14.1. The molecule has 8 heteroatoms. The number of hydrogen-bond donors (Lipinski definition) is 1. The Kier molecular flexibility index (Phi) is 6.97. The molecule has 0 aliphatic rings. The van der Waals surface area contributed by atoms with Crippen LogP contribution in [-0.4, -0.2) is 30.8 Å². The minimum Gasteiger partial charge on any atom is -0.497 e. The van der Waals surface area contributed by atoms with Crippen LogP contribution in [0, 0.1) is 11.6 Å². The van der Waals surface area contributed by atoms with E-state index >= 15 is 0 Å². The number of anilines is 1. The predicted octanol–water partition coefficient (Wildman–Crippen LogP) is 3.64. The predicted molar refractivity (Wildman–Crippen MR) is 94.3 cm³/mol. The van der Waals surface area contributed by atoms with Crippen molar-refractivity contribution in [1.29, 1.82) is 0 Å². The van der Waals surface area contributed by atoms with E-state index in [1.165, 1.54) is 14.0 Å². The SMILES string of the molecule is COc1ccc(NC(=O)[C@H](C)OC(=O)CSc2cc(F)ccc2F)cc1. The summed E-state index contributed by atoms with van der Waals surface area (Å²) >= 11 is 0.796. The number of benzene rings is 2. The van der Waals surface area contributed by atoms with E-state index in [0.29, 0.717) is 11.4 Å². The molecular weight excluding hydrogens is 364 g/mol. The van der Waals surface area contributed by atoms with Crippen LogP contribution in [0.25, 0.3) is 0 Å². The molecule has 0 radical (unpaired) electrons. The minimum absolute atomic E-state index is 0.00251. The van der Waals surface area contributed by atoms with Gasteiger partial charge in [0.2, 0.25) is 0 Å². The molecule has 0 saturated heterocycles. The topological polar surface area (TPSA) is 64.6 Å². The number of carbonyl (C=O) groups is 2. The Balaban J connectivity index is 1.83. The van der Waals surface area contributed by atoms with Crippen molar-refractivity contribution >= 4 is 29.3 Å². The first-order valence-corrected chi connectivity index (χ1v) is 8.60. The smallest absolute Gasteiger partial charge is 0.317 e. The average Bonchev–Trinajstić information content (AvgIpc) is 2.63. The van der Waals surface area contributed by atoms with E-state index in [-0.39, 0.29) is 10.6 Å². The van der Waals surface area contributed by atoms with Crippen LogP contribution in [0.2, 0.25) is 0 Å². The Morgan fingerprint density at radius 1 is 1.15 bits per heavy atom. The monoisotopic (exact) mass is 381 g/mol. The van der Waals surface area contributed by atoms with Crippen LogP contribution in [0.4, 0.5) is 14.5 Å². The summed E-state index contributed by atoms with van der Waals surface area (Å²) in [5.41, 5.74) is 0.523. The van der Waals surface area contributed by atoms with E-state index in [2.05, 4.69) is 5.32 Å². The summed E-state index contributed by atoms with van der Waals surface area (Å²) in [5.74, 6) is -2.06. The molecule has 5 nitrogen and oxygen atoms in total. The van der Waals surface area contributed by atoms with Crippen molar-refractivity contribution in [1.82, 2.24) is 0 Å². The molecule has 0 fully saturated rings. The first-order chi connectivity index (χ1) is 12.4. The van der Waals surface area contributed by atoms with Crippen LogP contribution in [0.5, 0.6) is 5.75 Å². The van der Waals surface area contributed by atoms with Gasteiger partial charge in [-0.3, -0.25) is 9.59 Å². The van der Waals surface area contributed by atoms with Gasteiger partial charge in [0, 0.05) is 10.6 Å². The fourth-order valence-corrected chi connectivity index (χ4v) is 2.67. The van der Waals surface area contributed by atoms with Gasteiger partial charge < -0.3 is 14.8 Å². The van der Waals surface area contributed by atoms with E-state index in [4.69, 9.17) is 9.47 Å². The number of nitrogens with one attached hydrogen (secondary N) is 1. The van der Waals surface area contributed by atoms with Gasteiger partial charge in [-0.2, -0.15) is 0 Å². The van der Waals surface area contributed by atoms with Gasteiger partial charge in [-0.15, -0.1) is 11.8 Å². The molecule has 0 bridgehead atoms. The number of halogens is 2. The largest absolute Gasteiger partial charge is 0.497 e. The molecular formula is C18H17F2NO4S. The highest BCUT2D eigenvalue weighted by molar-refractivity contribution is 8.00. The number of amides is 1. The molecule has 2 aromatic rings. The highest BCUT2D eigenvalue weighted by atomic mass is 32.2. The number of rotatable bonds is 7. The van der Waals surface area contributed by atoms with Crippen LogP contribution in [0.3, 0.4) is 0 Å². The van der Waals surface area contributed by atoms with Gasteiger partial charge in [-0.05, 0) is 49.4 Å². The number of esters is 1. The molecule has 0 aliphatic heterocycles. The third kappa shape index (κ3) is 5.73. The molecule has 0 aromatic heterocycles. The molecule has 0 saturated carbocycles. The molecule has 0 aliphatic carbocycles. The van der Waals surface area contributed by atoms with E-state index in [0.717, 1.165) is 30.0 Å². The lowest BCUT2D eigenvalue weighted by atomic mass is 10.3. The Morgan fingerprint density at radius 2 is 1.85 bits per heavy atom. The first kappa shape index (κ1) is 19.7. The van der Waals surface area contributed by atoms with Gasteiger partial charge in [0.25, 0.3) is 5.91 Å². The summed E-state index contributed by atoms with van der Waals surface area (Å²) in [6, 6.07) is 9.61. The Morgan fingerprint density at radius 3 is 2.50 bits per heavy atom. The molecule has 2 rings (SSSR count).